The first-order chi connectivity index (χ1) is 13.4. The molecule has 1 heterocycles. The van der Waals surface area contributed by atoms with Gasteiger partial charge in [0.15, 0.2) is 0 Å². The summed E-state index contributed by atoms with van der Waals surface area (Å²) in [6.07, 6.45) is 0. The second kappa shape index (κ2) is 9.61. The first-order valence-corrected chi connectivity index (χ1v) is 10.1. The Balaban J connectivity index is 1.56. The largest absolute Gasteiger partial charge is 0.378 e. The van der Waals surface area contributed by atoms with Crippen LogP contribution in [0, 0.1) is 0 Å². The van der Waals surface area contributed by atoms with Crippen LogP contribution in [0.5, 0.6) is 0 Å². The van der Waals surface area contributed by atoms with E-state index in [-0.39, 0.29) is 18.0 Å². The van der Waals surface area contributed by atoms with Gasteiger partial charge < -0.3 is 15.0 Å². The lowest BCUT2D eigenvalue weighted by Gasteiger charge is -2.29. The van der Waals surface area contributed by atoms with Crippen molar-refractivity contribution < 1.29 is 9.53 Å². The number of carbonyl (C=O) groups excluding carboxylic acids is 1. The van der Waals surface area contributed by atoms with Crippen LogP contribution >= 0.6 is 23.2 Å². The van der Waals surface area contributed by atoms with Gasteiger partial charge in [-0.2, -0.15) is 0 Å². The fraction of sp³-hybridized carbons (Fsp3) is 0.381. The zero-order valence-electron chi connectivity index (χ0n) is 16.0. The Morgan fingerprint density at radius 1 is 1.07 bits per heavy atom. The fourth-order valence-corrected chi connectivity index (χ4v) is 3.79. The van der Waals surface area contributed by atoms with Crippen molar-refractivity contribution in [1.82, 2.24) is 5.32 Å². The summed E-state index contributed by atoms with van der Waals surface area (Å²) in [5, 5.41) is 7.40. The Morgan fingerprint density at radius 3 is 2.39 bits per heavy atom. The lowest BCUT2D eigenvalue weighted by Crippen LogP contribution is -2.39. The van der Waals surface area contributed by atoms with Gasteiger partial charge in [-0.05, 0) is 55.8 Å². The maximum absolute atomic E-state index is 12.6. The summed E-state index contributed by atoms with van der Waals surface area (Å²) in [6, 6.07) is 12.8. The third kappa shape index (κ3) is 5.39. The second-order valence-corrected chi connectivity index (χ2v) is 7.76. The molecule has 2 atom stereocenters. The van der Waals surface area contributed by atoms with Crippen molar-refractivity contribution in [2.45, 2.75) is 25.9 Å². The number of halogens is 2. The van der Waals surface area contributed by atoms with E-state index in [9.17, 15) is 4.79 Å². The minimum atomic E-state index is -0.388. The van der Waals surface area contributed by atoms with Gasteiger partial charge in [-0.3, -0.25) is 10.1 Å². The van der Waals surface area contributed by atoms with Gasteiger partial charge in [0.1, 0.15) is 0 Å². The average molecular weight is 422 g/mol. The van der Waals surface area contributed by atoms with Gasteiger partial charge in [-0.25, -0.2) is 0 Å². The average Bonchev–Trinajstić information content (AvgIpc) is 2.69. The monoisotopic (exact) mass is 421 g/mol. The number of benzene rings is 2. The molecular formula is C21H25Cl2N3O2. The summed E-state index contributed by atoms with van der Waals surface area (Å²) in [5.74, 6) is -0.101. The Kier molecular flexibility index (Phi) is 7.18. The predicted molar refractivity (Wildman–Crippen MR) is 116 cm³/mol. The zero-order valence-corrected chi connectivity index (χ0v) is 17.6. The quantitative estimate of drug-likeness (QED) is 0.720. The van der Waals surface area contributed by atoms with Crippen LogP contribution in [0.2, 0.25) is 10.0 Å². The Labute approximate surface area is 176 Å². The third-order valence-electron chi connectivity index (χ3n) is 4.83. The number of rotatable bonds is 6. The second-order valence-electron chi connectivity index (χ2n) is 6.91. The molecule has 0 aromatic heterocycles. The Bertz CT molecular complexity index is 808. The van der Waals surface area contributed by atoms with Gasteiger partial charge in [0.25, 0.3) is 0 Å². The molecule has 7 heteroatoms. The first kappa shape index (κ1) is 20.9. The molecule has 1 aliphatic rings. The van der Waals surface area contributed by atoms with Crippen LogP contribution in [0.25, 0.3) is 0 Å². The van der Waals surface area contributed by atoms with E-state index < -0.39 is 0 Å². The summed E-state index contributed by atoms with van der Waals surface area (Å²) in [5.41, 5.74) is 2.81. The van der Waals surface area contributed by atoms with Crippen molar-refractivity contribution >= 4 is 40.5 Å². The number of hydrogen-bond acceptors (Lipinski definition) is 4. The zero-order chi connectivity index (χ0) is 20.1. The molecule has 1 aliphatic heterocycles. The first-order valence-electron chi connectivity index (χ1n) is 9.38. The maximum atomic E-state index is 12.6. The Hall–Kier alpha value is -1.79. The molecule has 1 amide bonds. The molecule has 3 rings (SSSR count). The molecule has 0 radical (unpaired) electrons. The summed E-state index contributed by atoms with van der Waals surface area (Å²) < 4.78 is 5.38. The highest BCUT2D eigenvalue weighted by molar-refractivity contribution is 6.35. The lowest BCUT2D eigenvalue weighted by molar-refractivity contribution is -0.117. The van der Waals surface area contributed by atoms with Crippen LogP contribution < -0.4 is 15.5 Å². The summed E-state index contributed by atoms with van der Waals surface area (Å²) in [4.78, 5) is 14.8. The maximum Gasteiger partial charge on any atom is 0.241 e. The molecule has 2 N–H and O–H groups in total. The number of hydrogen-bond donors (Lipinski definition) is 2. The van der Waals surface area contributed by atoms with E-state index in [1.165, 1.54) is 0 Å². The number of morpholine rings is 1. The number of carbonyl (C=O) groups is 1. The van der Waals surface area contributed by atoms with Crippen LogP contribution in [-0.2, 0) is 9.53 Å². The predicted octanol–water partition coefficient (Wildman–Crippen LogP) is 4.51. The standard InChI is InChI=1S/C21H25Cl2N3O2/c1-14(19-8-3-16(22)13-20(19)23)24-15(2)21(27)25-17-4-6-18(7-5-17)26-9-11-28-12-10-26/h3-8,13-15,24H,9-12H2,1-2H3,(H,25,27)/t14-,15-/m0/s1. The van der Waals surface area contributed by atoms with Gasteiger partial charge in [0.05, 0.1) is 19.3 Å². The lowest BCUT2D eigenvalue weighted by atomic mass is 10.1. The van der Waals surface area contributed by atoms with Crippen molar-refractivity contribution in [2.24, 2.45) is 0 Å². The fourth-order valence-electron chi connectivity index (χ4n) is 3.22. The third-order valence-corrected chi connectivity index (χ3v) is 5.40. The SMILES string of the molecule is C[C@H](N[C@@H](C)c1ccc(Cl)cc1Cl)C(=O)Nc1ccc(N2CCOCC2)cc1. The Morgan fingerprint density at radius 2 is 1.75 bits per heavy atom. The van der Waals surface area contributed by atoms with Gasteiger partial charge in [-0.1, -0.05) is 29.3 Å². The molecule has 2 aromatic carbocycles. The molecule has 1 saturated heterocycles. The van der Waals surface area contributed by atoms with E-state index >= 15 is 0 Å². The van der Waals surface area contributed by atoms with Crippen molar-refractivity contribution in [3.63, 3.8) is 0 Å². The van der Waals surface area contributed by atoms with Crippen molar-refractivity contribution in [1.29, 1.82) is 0 Å². The van der Waals surface area contributed by atoms with Gasteiger partial charge in [-0.15, -0.1) is 0 Å². The molecule has 0 spiro atoms. The normalized spacial score (nSPS) is 16.5. The molecule has 0 unspecified atom stereocenters. The molecule has 2 aromatic rings. The van der Waals surface area contributed by atoms with Crippen LogP contribution in [0.3, 0.4) is 0 Å². The highest BCUT2D eigenvalue weighted by atomic mass is 35.5. The minimum absolute atomic E-state index is 0.0887. The van der Waals surface area contributed by atoms with Gasteiger partial charge >= 0.3 is 0 Å². The van der Waals surface area contributed by atoms with Crippen molar-refractivity contribution in [2.75, 3.05) is 36.5 Å². The van der Waals surface area contributed by atoms with E-state index in [0.29, 0.717) is 10.0 Å². The summed E-state index contributed by atoms with van der Waals surface area (Å²) >= 11 is 12.2. The highest BCUT2D eigenvalue weighted by Gasteiger charge is 2.18. The van der Waals surface area contributed by atoms with Gasteiger partial charge in [0, 0.05) is 40.6 Å². The molecule has 0 saturated carbocycles. The van der Waals surface area contributed by atoms with Crippen molar-refractivity contribution in [3.05, 3.63) is 58.1 Å². The van der Waals surface area contributed by atoms with Crippen molar-refractivity contribution in [3.8, 4) is 0 Å². The summed E-state index contributed by atoms with van der Waals surface area (Å²) in [6.45, 7) is 7.07. The van der Waals surface area contributed by atoms with E-state index in [4.69, 9.17) is 27.9 Å². The van der Waals surface area contributed by atoms with Crippen LogP contribution in [0.1, 0.15) is 25.5 Å². The van der Waals surface area contributed by atoms with E-state index in [0.717, 1.165) is 43.2 Å². The number of anilines is 2. The van der Waals surface area contributed by atoms with Crippen LogP contribution in [0.15, 0.2) is 42.5 Å². The molecule has 150 valence electrons. The smallest absolute Gasteiger partial charge is 0.241 e. The number of ether oxygens (including phenoxy) is 1. The molecular weight excluding hydrogens is 397 g/mol. The number of nitrogens with zero attached hydrogens (tertiary/aromatic N) is 1. The molecule has 5 nitrogen and oxygen atoms in total. The van der Waals surface area contributed by atoms with E-state index in [1.807, 2.05) is 44.2 Å². The molecule has 28 heavy (non-hydrogen) atoms. The number of amides is 1. The number of nitrogens with one attached hydrogen (secondary N) is 2. The molecule has 1 fully saturated rings. The highest BCUT2D eigenvalue weighted by Crippen LogP contribution is 2.26. The minimum Gasteiger partial charge on any atom is -0.378 e. The summed E-state index contributed by atoms with van der Waals surface area (Å²) in [7, 11) is 0. The van der Waals surface area contributed by atoms with Crippen LogP contribution in [-0.4, -0.2) is 38.3 Å². The van der Waals surface area contributed by atoms with Crippen LogP contribution in [0.4, 0.5) is 11.4 Å². The van der Waals surface area contributed by atoms with E-state index in [1.54, 1.807) is 12.1 Å². The topological polar surface area (TPSA) is 53.6 Å². The van der Waals surface area contributed by atoms with Gasteiger partial charge in [0.2, 0.25) is 5.91 Å². The molecule has 0 bridgehead atoms. The molecule has 0 aliphatic carbocycles. The van der Waals surface area contributed by atoms with E-state index in [2.05, 4.69) is 15.5 Å².